The van der Waals surface area contributed by atoms with Crippen LogP contribution in [0.4, 0.5) is 10.1 Å². The maximum atomic E-state index is 13.1. The van der Waals surface area contributed by atoms with Gasteiger partial charge in [0.1, 0.15) is 11.9 Å². The Morgan fingerprint density at radius 3 is 2.58 bits per heavy atom. The molecule has 7 heteroatoms. The van der Waals surface area contributed by atoms with E-state index in [4.69, 9.17) is 0 Å². The smallest absolute Gasteiger partial charge is 0.267 e. The molecular weight excluding hydrogens is 401 g/mol. The van der Waals surface area contributed by atoms with Gasteiger partial charge in [-0.05, 0) is 55.5 Å². The summed E-state index contributed by atoms with van der Waals surface area (Å²) in [5.74, 6) is -0.724. The van der Waals surface area contributed by atoms with E-state index in [9.17, 15) is 14.0 Å². The number of anilines is 1. The Bertz CT molecular complexity index is 1000. The predicted molar refractivity (Wildman–Crippen MR) is 101 cm³/mol. The van der Waals surface area contributed by atoms with Crippen LogP contribution in [0.15, 0.2) is 69.9 Å². The lowest BCUT2D eigenvalue weighted by Gasteiger charge is -2.15. The van der Waals surface area contributed by atoms with Crippen molar-refractivity contribution in [3.8, 4) is 11.3 Å². The molecule has 26 heavy (non-hydrogen) atoms. The van der Waals surface area contributed by atoms with Gasteiger partial charge in [0.25, 0.3) is 5.56 Å². The summed E-state index contributed by atoms with van der Waals surface area (Å²) in [4.78, 5) is 24.7. The van der Waals surface area contributed by atoms with Crippen LogP contribution in [0.25, 0.3) is 11.3 Å². The Morgan fingerprint density at radius 2 is 1.88 bits per heavy atom. The van der Waals surface area contributed by atoms with E-state index in [1.54, 1.807) is 43.3 Å². The Morgan fingerprint density at radius 1 is 1.15 bits per heavy atom. The van der Waals surface area contributed by atoms with Crippen molar-refractivity contribution >= 4 is 27.5 Å². The van der Waals surface area contributed by atoms with Crippen LogP contribution in [0.5, 0.6) is 0 Å². The van der Waals surface area contributed by atoms with Crippen LogP contribution in [0.2, 0.25) is 0 Å². The minimum atomic E-state index is -0.818. The van der Waals surface area contributed by atoms with Crippen molar-refractivity contribution in [1.82, 2.24) is 9.78 Å². The molecule has 2 aromatic carbocycles. The van der Waals surface area contributed by atoms with Gasteiger partial charge >= 0.3 is 0 Å². The zero-order valence-corrected chi connectivity index (χ0v) is 15.4. The largest absolute Gasteiger partial charge is 0.324 e. The second-order valence-corrected chi connectivity index (χ2v) is 6.60. The summed E-state index contributed by atoms with van der Waals surface area (Å²) in [5, 5.41) is 7.02. The van der Waals surface area contributed by atoms with E-state index < -0.39 is 11.6 Å². The normalized spacial score (nSPS) is 11.8. The molecule has 0 aliphatic heterocycles. The SMILES string of the molecule is CC(C(=O)Nc1cccc(Br)c1)n1nc(-c2ccc(F)cc2)ccc1=O. The number of rotatable bonds is 4. The summed E-state index contributed by atoms with van der Waals surface area (Å²) in [7, 11) is 0. The van der Waals surface area contributed by atoms with Crippen molar-refractivity contribution in [1.29, 1.82) is 0 Å². The van der Waals surface area contributed by atoms with Crippen molar-refractivity contribution in [3.05, 3.63) is 81.3 Å². The standard InChI is InChI=1S/C19H15BrFN3O2/c1-12(19(26)22-16-4-2-3-14(20)11-16)24-18(25)10-9-17(23-24)13-5-7-15(21)8-6-13/h2-12H,1H3,(H,22,26). The van der Waals surface area contributed by atoms with E-state index in [2.05, 4.69) is 26.3 Å². The minimum Gasteiger partial charge on any atom is -0.324 e. The summed E-state index contributed by atoms with van der Waals surface area (Å²) < 4.78 is 15.0. The topological polar surface area (TPSA) is 64.0 Å². The molecular formula is C19H15BrFN3O2. The van der Waals surface area contributed by atoms with Gasteiger partial charge in [0.2, 0.25) is 5.91 Å². The number of carbonyl (C=O) groups is 1. The van der Waals surface area contributed by atoms with Crippen molar-refractivity contribution in [3.63, 3.8) is 0 Å². The molecule has 0 saturated carbocycles. The Kier molecular flexibility index (Phi) is 5.27. The highest BCUT2D eigenvalue weighted by Crippen LogP contribution is 2.18. The van der Waals surface area contributed by atoms with Crippen molar-refractivity contribution in [2.45, 2.75) is 13.0 Å². The van der Waals surface area contributed by atoms with Crippen LogP contribution in [0, 0.1) is 5.82 Å². The number of halogens is 2. The van der Waals surface area contributed by atoms with E-state index in [1.165, 1.54) is 18.2 Å². The van der Waals surface area contributed by atoms with Crippen LogP contribution in [0.1, 0.15) is 13.0 Å². The molecule has 132 valence electrons. The number of carbonyl (C=O) groups excluding carboxylic acids is 1. The van der Waals surface area contributed by atoms with E-state index in [-0.39, 0.29) is 11.7 Å². The van der Waals surface area contributed by atoms with Crippen molar-refractivity contribution in [2.75, 3.05) is 5.32 Å². The third-order valence-electron chi connectivity index (χ3n) is 3.80. The fourth-order valence-corrected chi connectivity index (χ4v) is 2.80. The van der Waals surface area contributed by atoms with Crippen molar-refractivity contribution < 1.29 is 9.18 Å². The molecule has 0 radical (unpaired) electrons. The zero-order valence-electron chi connectivity index (χ0n) is 13.8. The minimum absolute atomic E-state index is 0.358. The molecule has 1 heterocycles. The molecule has 0 bridgehead atoms. The maximum absolute atomic E-state index is 13.1. The quantitative estimate of drug-likeness (QED) is 0.699. The van der Waals surface area contributed by atoms with Gasteiger partial charge in [0.05, 0.1) is 5.69 Å². The molecule has 0 aliphatic carbocycles. The molecule has 1 amide bonds. The Labute approximate surface area is 157 Å². The summed E-state index contributed by atoms with van der Waals surface area (Å²) >= 11 is 3.34. The molecule has 0 spiro atoms. The second kappa shape index (κ2) is 7.61. The number of hydrogen-bond donors (Lipinski definition) is 1. The molecule has 0 fully saturated rings. The van der Waals surface area contributed by atoms with E-state index in [1.807, 2.05) is 6.07 Å². The molecule has 5 nitrogen and oxygen atoms in total. The zero-order chi connectivity index (χ0) is 18.7. The molecule has 3 aromatic rings. The first-order chi connectivity index (χ1) is 12.4. The molecule has 1 unspecified atom stereocenters. The first-order valence-electron chi connectivity index (χ1n) is 7.86. The molecule has 0 saturated heterocycles. The lowest BCUT2D eigenvalue weighted by Crippen LogP contribution is -2.33. The van der Waals surface area contributed by atoms with Gasteiger partial charge in [-0.25, -0.2) is 9.07 Å². The maximum Gasteiger partial charge on any atom is 0.267 e. The third-order valence-corrected chi connectivity index (χ3v) is 4.30. The first kappa shape index (κ1) is 18.0. The Hall–Kier alpha value is -2.80. The monoisotopic (exact) mass is 415 g/mol. The Balaban J connectivity index is 1.87. The third kappa shape index (κ3) is 4.05. The second-order valence-electron chi connectivity index (χ2n) is 5.68. The predicted octanol–water partition coefficient (Wildman–Crippen LogP) is 4.01. The van der Waals surface area contributed by atoms with Crippen LogP contribution in [-0.4, -0.2) is 15.7 Å². The fraction of sp³-hybridized carbons (Fsp3) is 0.105. The van der Waals surface area contributed by atoms with E-state index in [0.717, 1.165) is 9.15 Å². The van der Waals surface area contributed by atoms with Crippen molar-refractivity contribution in [2.24, 2.45) is 0 Å². The van der Waals surface area contributed by atoms with Gasteiger partial charge < -0.3 is 5.32 Å². The van der Waals surface area contributed by atoms with E-state index in [0.29, 0.717) is 16.9 Å². The summed E-state index contributed by atoms with van der Waals surface area (Å²) in [6, 6.07) is 15.0. The number of amides is 1. The average molecular weight is 416 g/mol. The average Bonchev–Trinajstić information content (AvgIpc) is 2.62. The molecule has 3 rings (SSSR count). The highest BCUT2D eigenvalue weighted by atomic mass is 79.9. The van der Waals surface area contributed by atoms with Crippen LogP contribution < -0.4 is 10.9 Å². The number of hydrogen-bond acceptors (Lipinski definition) is 3. The van der Waals surface area contributed by atoms with Gasteiger partial charge in [-0.15, -0.1) is 0 Å². The highest BCUT2D eigenvalue weighted by molar-refractivity contribution is 9.10. The van der Waals surface area contributed by atoms with Gasteiger partial charge in [-0.2, -0.15) is 5.10 Å². The molecule has 0 aliphatic rings. The van der Waals surface area contributed by atoms with Crippen LogP contribution >= 0.6 is 15.9 Å². The highest BCUT2D eigenvalue weighted by Gasteiger charge is 2.18. The summed E-state index contributed by atoms with van der Waals surface area (Å²) in [5.41, 5.74) is 1.35. The summed E-state index contributed by atoms with van der Waals surface area (Å²) in [6.45, 7) is 1.59. The van der Waals surface area contributed by atoms with Gasteiger partial charge in [-0.3, -0.25) is 9.59 Å². The molecule has 1 aromatic heterocycles. The number of nitrogens with one attached hydrogen (secondary N) is 1. The lowest BCUT2D eigenvalue weighted by atomic mass is 10.1. The first-order valence-corrected chi connectivity index (χ1v) is 8.65. The number of nitrogens with zero attached hydrogens (tertiary/aromatic N) is 2. The van der Waals surface area contributed by atoms with Gasteiger partial charge in [0.15, 0.2) is 0 Å². The number of aromatic nitrogens is 2. The lowest BCUT2D eigenvalue weighted by molar-refractivity contribution is -0.119. The fourth-order valence-electron chi connectivity index (χ4n) is 2.40. The van der Waals surface area contributed by atoms with Crippen LogP contribution in [0.3, 0.4) is 0 Å². The molecule has 1 N–H and O–H groups in total. The van der Waals surface area contributed by atoms with Crippen LogP contribution in [-0.2, 0) is 4.79 Å². The van der Waals surface area contributed by atoms with Gasteiger partial charge in [0, 0.05) is 21.8 Å². The summed E-state index contributed by atoms with van der Waals surface area (Å²) in [6.07, 6.45) is 0. The molecule has 1 atom stereocenters. The van der Waals surface area contributed by atoms with E-state index >= 15 is 0 Å². The van der Waals surface area contributed by atoms with Gasteiger partial charge in [-0.1, -0.05) is 22.0 Å². The number of benzene rings is 2.